The van der Waals surface area contributed by atoms with Crippen molar-refractivity contribution in [2.24, 2.45) is 0 Å². The lowest BCUT2D eigenvalue weighted by Gasteiger charge is -2.37. The van der Waals surface area contributed by atoms with E-state index in [0.29, 0.717) is 5.69 Å². The zero-order valence-corrected chi connectivity index (χ0v) is 25.1. The van der Waals surface area contributed by atoms with Crippen molar-refractivity contribution in [2.75, 3.05) is 56.7 Å². The third-order valence-corrected chi connectivity index (χ3v) is 8.09. The maximum absolute atomic E-state index is 13.5. The molecule has 0 aromatic heterocycles. The molecule has 1 atom stereocenters. The molecule has 0 spiro atoms. The Morgan fingerprint density at radius 1 is 0.884 bits per heavy atom. The number of anilines is 3. The van der Waals surface area contributed by atoms with Crippen LogP contribution in [0.5, 0.6) is 5.75 Å². The van der Waals surface area contributed by atoms with Crippen molar-refractivity contribution >= 4 is 28.7 Å². The van der Waals surface area contributed by atoms with Crippen LogP contribution in [0.4, 0.5) is 17.1 Å². The fourth-order valence-corrected chi connectivity index (χ4v) is 5.40. The van der Waals surface area contributed by atoms with E-state index >= 15 is 0 Å². The van der Waals surface area contributed by atoms with Crippen LogP contribution in [0.1, 0.15) is 17.5 Å². The van der Waals surface area contributed by atoms with Gasteiger partial charge >= 0.3 is 0 Å². The van der Waals surface area contributed by atoms with Crippen LogP contribution in [-0.4, -0.2) is 62.1 Å². The van der Waals surface area contributed by atoms with Gasteiger partial charge < -0.3 is 26.0 Å². The van der Waals surface area contributed by atoms with Gasteiger partial charge in [-0.2, -0.15) is 0 Å². The maximum Gasteiger partial charge on any atom is 0.241 e. The van der Waals surface area contributed by atoms with Crippen LogP contribution in [0.2, 0.25) is 0 Å². The van der Waals surface area contributed by atoms with Crippen LogP contribution in [0.15, 0.2) is 104 Å². The van der Waals surface area contributed by atoms with E-state index in [0.717, 1.165) is 78.5 Å². The van der Waals surface area contributed by atoms with Gasteiger partial charge in [0.2, 0.25) is 5.91 Å². The fourth-order valence-electron chi connectivity index (χ4n) is 5.40. The Morgan fingerprint density at radius 3 is 2.26 bits per heavy atom. The largest absolute Gasteiger partial charge is 0.497 e. The summed E-state index contributed by atoms with van der Waals surface area (Å²) in [6.07, 6.45) is 1.52. The number of benzene rings is 4. The highest BCUT2D eigenvalue weighted by atomic mass is 16.5. The molecular weight excluding hydrogens is 534 g/mol. The number of hydrogen-bond donors (Lipinski definition) is 3. The highest BCUT2D eigenvalue weighted by Gasteiger charge is 2.28. The average Bonchev–Trinajstić information content (AvgIpc) is 3.04. The molecule has 7 nitrogen and oxygen atoms in total. The summed E-state index contributed by atoms with van der Waals surface area (Å²) in [5.74, 6) is 0.790. The van der Waals surface area contributed by atoms with Gasteiger partial charge in [-0.25, -0.2) is 0 Å². The number of aryl methyl sites for hydroxylation is 1. The second-order valence-electron chi connectivity index (χ2n) is 11.1. The number of ether oxygens (including phenoxy) is 1. The zero-order valence-electron chi connectivity index (χ0n) is 25.1. The van der Waals surface area contributed by atoms with Crippen LogP contribution < -0.4 is 21.1 Å². The Hall–Kier alpha value is -4.59. The number of nitrogen functional groups attached to an aromatic ring is 1. The van der Waals surface area contributed by atoms with E-state index in [1.165, 1.54) is 5.56 Å². The SMILES string of the molecule is C=C(Nc1cc(-c2ccccc2)ccc1N)c1ccc(CCC(C(=O)Nc2ccc(OC)cc2)N2CCN(C)CC2)cc1. The van der Waals surface area contributed by atoms with Crippen LogP contribution in [0.25, 0.3) is 16.8 Å². The van der Waals surface area contributed by atoms with Crippen molar-refractivity contribution in [3.8, 4) is 16.9 Å². The third-order valence-electron chi connectivity index (χ3n) is 8.09. The summed E-state index contributed by atoms with van der Waals surface area (Å²) >= 11 is 0. The first-order valence-electron chi connectivity index (χ1n) is 14.8. The van der Waals surface area contributed by atoms with Gasteiger partial charge in [-0.3, -0.25) is 9.69 Å². The molecule has 7 heteroatoms. The number of hydrogen-bond acceptors (Lipinski definition) is 6. The number of nitrogens with one attached hydrogen (secondary N) is 2. The van der Waals surface area contributed by atoms with Crippen molar-refractivity contribution < 1.29 is 9.53 Å². The number of likely N-dealkylation sites (N-methyl/N-ethyl adjacent to an activating group) is 1. The quantitative estimate of drug-likeness (QED) is 0.184. The molecule has 0 radical (unpaired) electrons. The summed E-state index contributed by atoms with van der Waals surface area (Å²) in [5.41, 5.74) is 13.7. The maximum atomic E-state index is 13.5. The lowest BCUT2D eigenvalue weighted by Crippen LogP contribution is -2.53. The predicted molar refractivity (Wildman–Crippen MR) is 178 cm³/mol. The molecule has 1 saturated heterocycles. The Bertz CT molecular complexity index is 1510. The van der Waals surface area contributed by atoms with Gasteiger partial charge in [0, 0.05) is 37.6 Å². The third kappa shape index (κ3) is 7.83. The van der Waals surface area contributed by atoms with Gasteiger partial charge in [-0.05, 0) is 78.5 Å². The van der Waals surface area contributed by atoms with E-state index in [1.807, 2.05) is 54.6 Å². The number of nitrogens with two attached hydrogens (primary N) is 1. The first-order chi connectivity index (χ1) is 20.9. The number of carbonyl (C=O) groups excluding carboxylic acids is 1. The van der Waals surface area contributed by atoms with Crippen molar-refractivity contribution in [1.29, 1.82) is 0 Å². The molecule has 5 rings (SSSR count). The Kier molecular flexibility index (Phi) is 9.77. The molecule has 0 saturated carbocycles. The zero-order chi connectivity index (χ0) is 30.2. The lowest BCUT2D eigenvalue weighted by atomic mass is 10.0. The molecule has 4 aromatic rings. The first kappa shape index (κ1) is 29.9. The molecule has 0 bridgehead atoms. The second kappa shape index (κ2) is 14.1. The Morgan fingerprint density at radius 2 is 1.58 bits per heavy atom. The standard InChI is InChI=1S/C36H41N5O2/c1-26(38-34-25-30(14-19-33(34)37)29-7-5-4-6-8-29)28-12-9-27(10-13-28)11-20-35(41-23-21-40(2)22-24-41)36(42)39-31-15-17-32(43-3)18-16-31/h4-10,12-19,25,35,38H,1,11,20-24,37H2,2-3H3,(H,39,42). The van der Waals surface area contributed by atoms with E-state index in [-0.39, 0.29) is 11.9 Å². The Balaban J connectivity index is 1.23. The predicted octanol–water partition coefficient (Wildman–Crippen LogP) is 6.21. The summed E-state index contributed by atoms with van der Waals surface area (Å²) in [4.78, 5) is 18.1. The fraction of sp³-hybridized carbons (Fsp3) is 0.250. The van der Waals surface area contributed by atoms with Gasteiger partial charge in [0.1, 0.15) is 5.75 Å². The van der Waals surface area contributed by atoms with Gasteiger partial charge in [0.05, 0.1) is 24.5 Å². The highest BCUT2D eigenvalue weighted by Crippen LogP contribution is 2.29. The molecule has 43 heavy (non-hydrogen) atoms. The van der Waals surface area contributed by atoms with E-state index in [4.69, 9.17) is 10.5 Å². The van der Waals surface area contributed by atoms with Crippen molar-refractivity contribution in [2.45, 2.75) is 18.9 Å². The molecule has 1 fully saturated rings. The van der Waals surface area contributed by atoms with E-state index in [9.17, 15) is 4.79 Å². The monoisotopic (exact) mass is 575 g/mol. The number of methoxy groups -OCH3 is 1. The molecular formula is C36H41N5O2. The number of carbonyl (C=O) groups is 1. The average molecular weight is 576 g/mol. The van der Waals surface area contributed by atoms with Crippen LogP contribution in [-0.2, 0) is 11.2 Å². The van der Waals surface area contributed by atoms with Crippen molar-refractivity contribution in [1.82, 2.24) is 9.80 Å². The van der Waals surface area contributed by atoms with Crippen LogP contribution >= 0.6 is 0 Å². The Labute approximate surface area is 255 Å². The van der Waals surface area contributed by atoms with E-state index in [2.05, 4.69) is 76.5 Å². The molecule has 1 unspecified atom stereocenters. The summed E-state index contributed by atoms with van der Waals surface area (Å²) in [6.45, 7) is 7.92. The molecule has 4 N–H and O–H groups in total. The van der Waals surface area contributed by atoms with E-state index < -0.39 is 0 Å². The summed E-state index contributed by atoms with van der Waals surface area (Å²) < 4.78 is 5.25. The summed E-state index contributed by atoms with van der Waals surface area (Å²) in [7, 11) is 3.76. The molecule has 1 aliphatic rings. The van der Waals surface area contributed by atoms with Crippen LogP contribution in [0, 0.1) is 0 Å². The molecule has 4 aromatic carbocycles. The van der Waals surface area contributed by atoms with Gasteiger partial charge in [0.15, 0.2) is 0 Å². The molecule has 1 aliphatic heterocycles. The van der Waals surface area contributed by atoms with Gasteiger partial charge in [-0.15, -0.1) is 0 Å². The summed E-state index contributed by atoms with van der Waals surface area (Å²) in [5, 5.41) is 6.53. The minimum absolute atomic E-state index is 0.0271. The minimum Gasteiger partial charge on any atom is -0.497 e. The number of nitrogens with zero attached hydrogens (tertiary/aromatic N) is 2. The topological polar surface area (TPSA) is 82.9 Å². The molecule has 0 aliphatic carbocycles. The summed E-state index contributed by atoms with van der Waals surface area (Å²) in [6, 6.07) is 31.9. The number of rotatable bonds is 11. The van der Waals surface area contributed by atoms with E-state index in [1.54, 1.807) is 7.11 Å². The normalized spacial score (nSPS) is 14.6. The van der Waals surface area contributed by atoms with Crippen molar-refractivity contribution in [3.63, 3.8) is 0 Å². The smallest absolute Gasteiger partial charge is 0.241 e. The minimum atomic E-state index is -0.216. The molecule has 1 amide bonds. The molecule has 222 valence electrons. The van der Waals surface area contributed by atoms with Crippen LogP contribution in [0.3, 0.4) is 0 Å². The van der Waals surface area contributed by atoms with Crippen molar-refractivity contribution in [3.05, 3.63) is 115 Å². The molecule has 1 heterocycles. The lowest BCUT2D eigenvalue weighted by molar-refractivity contribution is -0.122. The number of amides is 1. The van der Waals surface area contributed by atoms with Gasteiger partial charge in [-0.1, -0.05) is 67.2 Å². The first-order valence-corrected chi connectivity index (χ1v) is 14.8. The van der Waals surface area contributed by atoms with Gasteiger partial charge in [0.25, 0.3) is 0 Å². The highest BCUT2D eigenvalue weighted by molar-refractivity contribution is 5.95. The number of piperazine rings is 1. The second-order valence-corrected chi connectivity index (χ2v) is 11.1.